The number of carbonyl (C=O) groups excluding carboxylic acids is 3. The summed E-state index contributed by atoms with van der Waals surface area (Å²) in [4.78, 5) is 33.9. The van der Waals surface area contributed by atoms with E-state index in [1.54, 1.807) is 20.8 Å². The lowest BCUT2D eigenvalue weighted by atomic mass is 10.1. The van der Waals surface area contributed by atoms with E-state index < -0.39 is 23.7 Å². The van der Waals surface area contributed by atoms with E-state index in [1.807, 2.05) is 0 Å². The molecule has 1 N–H and O–H groups in total. The van der Waals surface area contributed by atoms with E-state index in [1.165, 1.54) is 14.0 Å². The van der Waals surface area contributed by atoms with Crippen LogP contribution in [-0.4, -0.2) is 36.6 Å². The average molecular weight is 273 g/mol. The molecule has 0 rings (SSSR count). The highest BCUT2D eigenvalue weighted by atomic mass is 16.6. The highest BCUT2D eigenvalue weighted by molar-refractivity contribution is 5.81. The van der Waals surface area contributed by atoms with E-state index in [0.29, 0.717) is 19.3 Å². The van der Waals surface area contributed by atoms with Crippen molar-refractivity contribution < 1.29 is 23.9 Å². The number of hydrogen-bond acceptors (Lipinski definition) is 5. The Morgan fingerprint density at radius 1 is 1.21 bits per heavy atom. The van der Waals surface area contributed by atoms with Gasteiger partial charge >= 0.3 is 12.1 Å². The first-order chi connectivity index (χ1) is 8.65. The summed E-state index contributed by atoms with van der Waals surface area (Å²) in [5.41, 5.74) is -0.635. The third-order valence-electron chi connectivity index (χ3n) is 2.20. The van der Waals surface area contributed by atoms with Crippen molar-refractivity contribution in [3.8, 4) is 0 Å². The summed E-state index contributed by atoms with van der Waals surface area (Å²) in [6.07, 6.45) is 0.533. The molecule has 0 saturated heterocycles. The van der Waals surface area contributed by atoms with Crippen molar-refractivity contribution >= 4 is 17.8 Å². The fourth-order valence-corrected chi connectivity index (χ4v) is 1.40. The van der Waals surface area contributed by atoms with Crippen LogP contribution in [0.3, 0.4) is 0 Å². The van der Waals surface area contributed by atoms with Crippen molar-refractivity contribution in [1.82, 2.24) is 5.32 Å². The second-order valence-corrected chi connectivity index (χ2v) is 5.32. The zero-order chi connectivity index (χ0) is 15.1. The zero-order valence-electron chi connectivity index (χ0n) is 12.2. The molecule has 0 spiro atoms. The molecule has 0 aromatic heterocycles. The lowest BCUT2D eigenvalue weighted by Crippen LogP contribution is -2.44. The van der Waals surface area contributed by atoms with Gasteiger partial charge in [-0.1, -0.05) is 0 Å². The van der Waals surface area contributed by atoms with Crippen LogP contribution in [-0.2, 0) is 19.1 Å². The molecule has 0 fully saturated rings. The van der Waals surface area contributed by atoms with Crippen LogP contribution >= 0.6 is 0 Å². The van der Waals surface area contributed by atoms with Gasteiger partial charge in [0, 0.05) is 6.42 Å². The molecule has 0 aromatic carbocycles. The molecule has 110 valence electrons. The quantitative estimate of drug-likeness (QED) is 0.746. The van der Waals surface area contributed by atoms with Crippen LogP contribution in [0, 0.1) is 0 Å². The highest BCUT2D eigenvalue weighted by Crippen LogP contribution is 2.09. The maximum absolute atomic E-state index is 11.6. The Bertz CT molecular complexity index is 332. The van der Waals surface area contributed by atoms with Crippen LogP contribution in [0.5, 0.6) is 0 Å². The number of Topliss-reactive ketones (excluding diaryl/α,β-unsaturated/α-hetero) is 1. The van der Waals surface area contributed by atoms with Crippen LogP contribution in [0.15, 0.2) is 0 Å². The monoisotopic (exact) mass is 273 g/mol. The number of amides is 1. The minimum absolute atomic E-state index is 0.0425. The summed E-state index contributed by atoms with van der Waals surface area (Å²) in [6, 6.07) is -0.792. The van der Waals surface area contributed by atoms with Gasteiger partial charge in [0.05, 0.1) is 7.11 Å². The maximum atomic E-state index is 11.6. The Morgan fingerprint density at radius 3 is 2.21 bits per heavy atom. The molecule has 0 bridgehead atoms. The van der Waals surface area contributed by atoms with Gasteiger partial charge in [0.1, 0.15) is 17.4 Å². The summed E-state index contributed by atoms with van der Waals surface area (Å²) >= 11 is 0. The van der Waals surface area contributed by atoms with Gasteiger partial charge in [-0.05, 0) is 40.5 Å². The molecular formula is C13H23NO5. The van der Waals surface area contributed by atoms with Crippen molar-refractivity contribution in [3.63, 3.8) is 0 Å². The summed E-state index contributed by atoms with van der Waals surface area (Å²) in [5.74, 6) is -0.504. The molecule has 0 aliphatic heterocycles. The Kier molecular flexibility index (Phi) is 7.11. The molecule has 0 aliphatic carbocycles. The Labute approximate surface area is 113 Å². The molecule has 1 atom stereocenters. The number of carbonyl (C=O) groups is 3. The lowest BCUT2D eigenvalue weighted by Gasteiger charge is -2.22. The van der Waals surface area contributed by atoms with Gasteiger partial charge in [0.2, 0.25) is 0 Å². The fraction of sp³-hybridized carbons (Fsp3) is 0.769. The molecule has 0 aliphatic rings. The normalized spacial score (nSPS) is 12.5. The van der Waals surface area contributed by atoms with Gasteiger partial charge in [-0.3, -0.25) is 0 Å². The summed E-state index contributed by atoms with van der Waals surface area (Å²) in [5, 5.41) is 2.45. The Morgan fingerprint density at radius 2 is 1.79 bits per heavy atom. The zero-order valence-corrected chi connectivity index (χ0v) is 12.2. The molecule has 6 nitrogen and oxygen atoms in total. The second-order valence-electron chi connectivity index (χ2n) is 5.32. The standard InChI is InChI=1S/C13H23NO5/c1-9(15)7-6-8-10(11(16)18-5)14-12(17)19-13(2,3)4/h10H,6-8H2,1-5H3,(H,14,17). The molecule has 0 heterocycles. The van der Waals surface area contributed by atoms with Crippen LogP contribution < -0.4 is 5.32 Å². The van der Waals surface area contributed by atoms with Crippen LogP contribution in [0.2, 0.25) is 0 Å². The summed E-state index contributed by atoms with van der Waals surface area (Å²) in [6.45, 7) is 6.68. The SMILES string of the molecule is COC(=O)C(CCCC(C)=O)NC(=O)OC(C)(C)C. The number of hydrogen-bond donors (Lipinski definition) is 1. The third-order valence-corrected chi connectivity index (χ3v) is 2.20. The number of rotatable bonds is 6. The second kappa shape index (κ2) is 7.76. The smallest absolute Gasteiger partial charge is 0.408 e. The predicted molar refractivity (Wildman–Crippen MR) is 69.7 cm³/mol. The first kappa shape index (κ1) is 17.4. The van der Waals surface area contributed by atoms with Crippen molar-refractivity contribution in [2.24, 2.45) is 0 Å². The number of alkyl carbamates (subject to hydrolysis) is 1. The van der Waals surface area contributed by atoms with Crippen LogP contribution in [0.4, 0.5) is 4.79 Å². The molecule has 0 radical (unpaired) electrons. The van der Waals surface area contributed by atoms with E-state index in [4.69, 9.17) is 4.74 Å². The maximum Gasteiger partial charge on any atom is 0.408 e. The van der Waals surface area contributed by atoms with Crippen molar-refractivity contribution in [2.45, 2.75) is 58.6 Å². The predicted octanol–water partition coefficient (Wildman–Crippen LogP) is 1.81. The van der Waals surface area contributed by atoms with E-state index in [2.05, 4.69) is 10.1 Å². The minimum atomic E-state index is -0.792. The van der Waals surface area contributed by atoms with Gasteiger partial charge in [-0.25, -0.2) is 9.59 Å². The summed E-state index contributed by atoms with van der Waals surface area (Å²) in [7, 11) is 1.25. The Hall–Kier alpha value is -1.59. The lowest BCUT2D eigenvalue weighted by molar-refractivity contribution is -0.143. The number of methoxy groups -OCH3 is 1. The van der Waals surface area contributed by atoms with Gasteiger partial charge in [-0.15, -0.1) is 0 Å². The molecule has 1 unspecified atom stereocenters. The van der Waals surface area contributed by atoms with Crippen LogP contribution in [0.25, 0.3) is 0 Å². The van der Waals surface area contributed by atoms with Crippen molar-refractivity contribution in [2.75, 3.05) is 7.11 Å². The number of ketones is 1. The van der Waals surface area contributed by atoms with Crippen molar-refractivity contribution in [3.05, 3.63) is 0 Å². The molecular weight excluding hydrogens is 250 g/mol. The first-order valence-electron chi connectivity index (χ1n) is 6.22. The van der Waals surface area contributed by atoms with E-state index in [-0.39, 0.29) is 5.78 Å². The molecule has 19 heavy (non-hydrogen) atoms. The third kappa shape index (κ3) is 9.04. The topological polar surface area (TPSA) is 81.7 Å². The molecule has 6 heteroatoms. The number of ether oxygens (including phenoxy) is 2. The van der Waals surface area contributed by atoms with Crippen molar-refractivity contribution in [1.29, 1.82) is 0 Å². The molecule has 0 aromatic rings. The summed E-state index contributed by atoms with van der Waals surface area (Å²) < 4.78 is 9.67. The van der Waals surface area contributed by atoms with Gasteiger partial charge in [0.25, 0.3) is 0 Å². The first-order valence-corrected chi connectivity index (χ1v) is 6.22. The van der Waals surface area contributed by atoms with E-state index >= 15 is 0 Å². The van der Waals surface area contributed by atoms with Gasteiger partial charge < -0.3 is 19.6 Å². The van der Waals surface area contributed by atoms with Gasteiger partial charge in [0.15, 0.2) is 0 Å². The van der Waals surface area contributed by atoms with E-state index in [0.717, 1.165) is 0 Å². The van der Waals surface area contributed by atoms with Crippen LogP contribution in [0.1, 0.15) is 47.0 Å². The Balaban J connectivity index is 4.39. The fourth-order valence-electron chi connectivity index (χ4n) is 1.40. The van der Waals surface area contributed by atoms with E-state index in [9.17, 15) is 14.4 Å². The molecule has 1 amide bonds. The minimum Gasteiger partial charge on any atom is -0.467 e. The highest BCUT2D eigenvalue weighted by Gasteiger charge is 2.24. The molecule has 0 saturated carbocycles. The number of esters is 1. The average Bonchev–Trinajstić information content (AvgIpc) is 2.23. The van der Waals surface area contributed by atoms with Gasteiger partial charge in [-0.2, -0.15) is 0 Å². The largest absolute Gasteiger partial charge is 0.467 e. The number of nitrogens with one attached hydrogen (secondary N) is 1.